The van der Waals surface area contributed by atoms with E-state index in [2.05, 4.69) is 28.3 Å². The van der Waals surface area contributed by atoms with E-state index < -0.39 is 0 Å². The molecule has 0 fully saturated rings. The first-order valence-electron chi connectivity index (χ1n) is 8.37. The molecule has 0 aliphatic carbocycles. The normalized spacial score (nSPS) is 10.5. The van der Waals surface area contributed by atoms with Gasteiger partial charge in [0.1, 0.15) is 15.8 Å². The molecule has 1 heterocycles. The third-order valence-electron chi connectivity index (χ3n) is 3.71. The molecule has 3 aromatic rings. The van der Waals surface area contributed by atoms with Gasteiger partial charge in [-0.05, 0) is 36.8 Å². The zero-order chi connectivity index (χ0) is 19.9. The Morgan fingerprint density at radius 2 is 1.89 bits per heavy atom. The van der Waals surface area contributed by atoms with Gasteiger partial charge in [0.2, 0.25) is 5.91 Å². The van der Waals surface area contributed by atoms with E-state index in [9.17, 15) is 4.79 Å². The maximum absolute atomic E-state index is 12.3. The van der Waals surface area contributed by atoms with E-state index in [4.69, 9.17) is 16.3 Å². The highest BCUT2D eigenvalue weighted by Crippen LogP contribution is 2.34. The topological polar surface area (TPSA) is 64.1 Å². The molecule has 0 aliphatic rings. The number of amides is 1. The highest BCUT2D eigenvalue weighted by molar-refractivity contribution is 8.02. The first kappa shape index (κ1) is 20.5. The van der Waals surface area contributed by atoms with Crippen molar-refractivity contribution in [3.05, 3.63) is 65.4 Å². The summed E-state index contributed by atoms with van der Waals surface area (Å²) >= 11 is 8.99. The number of nitrogens with zero attached hydrogens (tertiary/aromatic N) is 2. The number of hydrogen-bond acceptors (Lipinski definition) is 6. The molecule has 144 valence electrons. The van der Waals surface area contributed by atoms with E-state index in [0.717, 1.165) is 14.9 Å². The lowest BCUT2D eigenvalue weighted by Gasteiger charge is -2.09. The van der Waals surface area contributed by atoms with Gasteiger partial charge in [0, 0.05) is 23.0 Å². The van der Waals surface area contributed by atoms with Crippen molar-refractivity contribution in [1.29, 1.82) is 0 Å². The van der Waals surface area contributed by atoms with Crippen LogP contribution in [0.5, 0.6) is 5.75 Å². The SMILES string of the molecule is COc1ccc(NC(=O)CSc2nccnc2Sc2ccccc2C)cc1Cl. The summed E-state index contributed by atoms with van der Waals surface area (Å²) in [6.07, 6.45) is 3.29. The molecule has 0 bridgehead atoms. The van der Waals surface area contributed by atoms with E-state index in [1.807, 2.05) is 18.2 Å². The lowest BCUT2D eigenvalue weighted by Crippen LogP contribution is -2.14. The Morgan fingerprint density at radius 3 is 2.61 bits per heavy atom. The molecule has 1 N–H and O–H groups in total. The lowest BCUT2D eigenvalue weighted by atomic mass is 10.2. The summed E-state index contributed by atoms with van der Waals surface area (Å²) in [5.74, 6) is 0.624. The zero-order valence-corrected chi connectivity index (χ0v) is 17.7. The van der Waals surface area contributed by atoms with E-state index >= 15 is 0 Å². The molecule has 0 aliphatic heterocycles. The fraction of sp³-hybridized carbons (Fsp3) is 0.150. The minimum absolute atomic E-state index is 0.149. The molecule has 1 amide bonds. The van der Waals surface area contributed by atoms with Crippen molar-refractivity contribution in [3.8, 4) is 5.75 Å². The summed E-state index contributed by atoms with van der Waals surface area (Å²) in [5.41, 5.74) is 1.79. The van der Waals surface area contributed by atoms with Gasteiger partial charge in [-0.3, -0.25) is 4.79 Å². The Labute approximate surface area is 177 Å². The smallest absolute Gasteiger partial charge is 0.234 e. The number of aryl methyl sites for hydroxylation is 1. The molecule has 1 aromatic heterocycles. The van der Waals surface area contributed by atoms with Gasteiger partial charge in [-0.25, -0.2) is 9.97 Å². The first-order chi connectivity index (χ1) is 13.6. The number of nitrogens with one attached hydrogen (secondary N) is 1. The number of rotatable bonds is 7. The standard InChI is InChI=1S/C20H18ClN3O2S2/c1-13-5-3-4-6-17(13)28-20-19(22-9-10-23-20)27-12-18(25)24-14-7-8-16(26-2)15(21)11-14/h3-11H,12H2,1-2H3,(H,24,25). The van der Waals surface area contributed by atoms with Crippen LogP contribution < -0.4 is 10.1 Å². The Hall–Kier alpha value is -2.22. The van der Waals surface area contributed by atoms with Crippen molar-refractivity contribution in [1.82, 2.24) is 9.97 Å². The Bertz CT molecular complexity index is 985. The van der Waals surface area contributed by atoms with Crippen LogP contribution in [0.15, 0.2) is 69.8 Å². The predicted octanol–water partition coefficient (Wildman–Crippen LogP) is 5.33. The number of ether oxygens (including phenoxy) is 1. The molecule has 0 spiro atoms. The average molecular weight is 432 g/mol. The predicted molar refractivity (Wildman–Crippen MR) is 115 cm³/mol. The maximum Gasteiger partial charge on any atom is 0.234 e. The number of anilines is 1. The van der Waals surface area contributed by atoms with Crippen molar-refractivity contribution in [3.63, 3.8) is 0 Å². The van der Waals surface area contributed by atoms with Crippen LogP contribution in [0.2, 0.25) is 5.02 Å². The quantitative estimate of drug-likeness (QED) is 0.510. The summed E-state index contributed by atoms with van der Waals surface area (Å²) in [4.78, 5) is 22.2. The van der Waals surface area contributed by atoms with Crippen LogP contribution in [-0.2, 0) is 4.79 Å². The van der Waals surface area contributed by atoms with E-state index in [-0.39, 0.29) is 11.7 Å². The number of benzene rings is 2. The molecule has 0 saturated carbocycles. The van der Waals surface area contributed by atoms with Crippen LogP contribution in [0.3, 0.4) is 0 Å². The third-order valence-corrected chi connectivity index (χ3v) is 6.28. The van der Waals surface area contributed by atoms with E-state index in [0.29, 0.717) is 16.5 Å². The third kappa shape index (κ3) is 5.41. The molecule has 3 rings (SSSR count). The number of hydrogen-bond donors (Lipinski definition) is 1. The highest BCUT2D eigenvalue weighted by atomic mass is 35.5. The summed E-state index contributed by atoms with van der Waals surface area (Å²) < 4.78 is 5.11. The number of carbonyl (C=O) groups is 1. The van der Waals surface area contributed by atoms with Crippen LogP contribution in [0.1, 0.15) is 5.56 Å². The molecule has 5 nitrogen and oxygen atoms in total. The number of aromatic nitrogens is 2. The van der Waals surface area contributed by atoms with Crippen molar-refractivity contribution in [2.45, 2.75) is 21.9 Å². The fourth-order valence-electron chi connectivity index (χ4n) is 2.33. The largest absolute Gasteiger partial charge is 0.495 e. The average Bonchev–Trinajstić information content (AvgIpc) is 2.69. The van der Waals surface area contributed by atoms with Crippen molar-refractivity contribution >= 4 is 46.7 Å². The van der Waals surface area contributed by atoms with Crippen LogP contribution in [0, 0.1) is 6.92 Å². The van der Waals surface area contributed by atoms with Crippen LogP contribution >= 0.6 is 35.1 Å². The van der Waals surface area contributed by atoms with Crippen LogP contribution in [-0.4, -0.2) is 28.7 Å². The molecular formula is C20H18ClN3O2S2. The fourth-order valence-corrected chi connectivity index (χ4v) is 4.38. The maximum atomic E-state index is 12.3. The molecule has 28 heavy (non-hydrogen) atoms. The van der Waals surface area contributed by atoms with Crippen molar-refractivity contribution < 1.29 is 9.53 Å². The van der Waals surface area contributed by atoms with Crippen LogP contribution in [0.25, 0.3) is 0 Å². The molecule has 2 aromatic carbocycles. The van der Waals surface area contributed by atoms with Gasteiger partial charge in [0.25, 0.3) is 0 Å². The van der Waals surface area contributed by atoms with Gasteiger partial charge in [-0.2, -0.15) is 0 Å². The van der Waals surface area contributed by atoms with Crippen LogP contribution in [0.4, 0.5) is 5.69 Å². The minimum atomic E-state index is -0.149. The number of methoxy groups -OCH3 is 1. The summed E-state index contributed by atoms with van der Waals surface area (Å²) in [6, 6.07) is 13.2. The monoisotopic (exact) mass is 431 g/mol. The lowest BCUT2D eigenvalue weighted by molar-refractivity contribution is -0.113. The van der Waals surface area contributed by atoms with E-state index in [1.165, 1.54) is 17.3 Å². The molecule has 0 atom stereocenters. The summed E-state index contributed by atoms with van der Waals surface area (Å²) in [5, 5.41) is 4.77. The van der Waals surface area contributed by atoms with Crippen molar-refractivity contribution in [2.24, 2.45) is 0 Å². The van der Waals surface area contributed by atoms with Gasteiger partial charge in [-0.1, -0.05) is 53.3 Å². The molecule has 0 unspecified atom stereocenters. The van der Waals surface area contributed by atoms with Gasteiger partial charge >= 0.3 is 0 Å². The van der Waals surface area contributed by atoms with Gasteiger partial charge < -0.3 is 10.1 Å². The molecule has 8 heteroatoms. The van der Waals surface area contributed by atoms with E-state index in [1.54, 1.807) is 49.5 Å². The highest BCUT2D eigenvalue weighted by Gasteiger charge is 2.12. The van der Waals surface area contributed by atoms with Gasteiger partial charge in [-0.15, -0.1) is 0 Å². The van der Waals surface area contributed by atoms with Gasteiger partial charge in [0.15, 0.2) is 0 Å². The van der Waals surface area contributed by atoms with Gasteiger partial charge in [0.05, 0.1) is 17.9 Å². The Balaban J connectivity index is 1.64. The molecule has 0 radical (unpaired) electrons. The number of thioether (sulfide) groups is 1. The summed E-state index contributed by atoms with van der Waals surface area (Å²) in [6.45, 7) is 2.05. The second-order valence-electron chi connectivity index (χ2n) is 5.72. The number of carbonyl (C=O) groups excluding carboxylic acids is 1. The first-order valence-corrected chi connectivity index (χ1v) is 10.6. The van der Waals surface area contributed by atoms with Crippen molar-refractivity contribution in [2.75, 3.05) is 18.2 Å². The zero-order valence-electron chi connectivity index (χ0n) is 15.3. The summed E-state index contributed by atoms with van der Waals surface area (Å²) in [7, 11) is 1.55. The minimum Gasteiger partial charge on any atom is -0.495 e. The number of halogens is 1. The second kappa shape index (κ2) is 9.82. The Kier molecular flexibility index (Phi) is 7.19. The Morgan fingerprint density at radius 1 is 1.14 bits per heavy atom. The molecular weight excluding hydrogens is 414 g/mol. The second-order valence-corrected chi connectivity index (χ2v) is 8.12. The molecule has 0 saturated heterocycles.